The van der Waals surface area contributed by atoms with Gasteiger partial charge >= 0.3 is 0 Å². The first-order valence-electron chi connectivity index (χ1n) is 7.15. The third-order valence-corrected chi connectivity index (χ3v) is 3.38. The monoisotopic (exact) mass is 322 g/mol. The second kappa shape index (κ2) is 6.69. The number of tetrazole rings is 1. The number of H-pyrrole nitrogens is 1. The highest BCUT2D eigenvalue weighted by molar-refractivity contribution is 6.04. The van der Waals surface area contributed by atoms with E-state index in [0.29, 0.717) is 22.6 Å². The van der Waals surface area contributed by atoms with Crippen molar-refractivity contribution >= 4 is 17.5 Å². The van der Waals surface area contributed by atoms with Crippen molar-refractivity contribution in [3.63, 3.8) is 0 Å². The van der Waals surface area contributed by atoms with Gasteiger partial charge in [0.2, 0.25) is 5.82 Å². The summed E-state index contributed by atoms with van der Waals surface area (Å²) in [4.78, 5) is 23.7. The number of hydrogen-bond acceptors (Lipinski definition) is 5. The van der Waals surface area contributed by atoms with Gasteiger partial charge in [0.1, 0.15) is 0 Å². The van der Waals surface area contributed by atoms with Gasteiger partial charge in [0.25, 0.3) is 11.8 Å². The molecule has 0 spiro atoms. The SMILES string of the molecule is CNC(=O)c1ccc(NC(=O)c2ccc(-c3nn[nH]n3)cc2)cc1. The van der Waals surface area contributed by atoms with E-state index in [0.717, 1.165) is 5.56 Å². The summed E-state index contributed by atoms with van der Waals surface area (Å²) in [5.74, 6) is 0.0408. The molecule has 0 unspecified atom stereocenters. The van der Waals surface area contributed by atoms with Crippen LogP contribution in [0.3, 0.4) is 0 Å². The molecule has 24 heavy (non-hydrogen) atoms. The van der Waals surface area contributed by atoms with Crippen molar-refractivity contribution in [1.29, 1.82) is 0 Å². The number of amides is 2. The van der Waals surface area contributed by atoms with Gasteiger partial charge in [-0.2, -0.15) is 5.21 Å². The molecule has 2 aromatic carbocycles. The third-order valence-electron chi connectivity index (χ3n) is 3.38. The second-order valence-electron chi connectivity index (χ2n) is 4.92. The van der Waals surface area contributed by atoms with E-state index in [1.807, 2.05) is 0 Å². The Kier molecular flexibility index (Phi) is 4.28. The lowest BCUT2D eigenvalue weighted by atomic mass is 10.1. The van der Waals surface area contributed by atoms with Gasteiger partial charge < -0.3 is 10.6 Å². The molecule has 0 aliphatic rings. The molecule has 3 rings (SSSR count). The van der Waals surface area contributed by atoms with Crippen molar-refractivity contribution in [2.24, 2.45) is 0 Å². The Balaban J connectivity index is 1.69. The number of benzene rings is 2. The predicted octanol–water partition coefficient (Wildman–Crippen LogP) is 1.48. The molecular formula is C16H14N6O2. The van der Waals surface area contributed by atoms with E-state index in [-0.39, 0.29) is 11.8 Å². The minimum absolute atomic E-state index is 0.176. The number of aromatic amines is 1. The number of carbonyl (C=O) groups is 2. The van der Waals surface area contributed by atoms with E-state index in [2.05, 4.69) is 31.3 Å². The average Bonchev–Trinajstić information content (AvgIpc) is 3.16. The van der Waals surface area contributed by atoms with Crippen molar-refractivity contribution in [1.82, 2.24) is 25.9 Å². The molecular weight excluding hydrogens is 308 g/mol. The molecule has 3 aromatic rings. The zero-order chi connectivity index (χ0) is 16.9. The molecule has 0 aliphatic heterocycles. The minimum Gasteiger partial charge on any atom is -0.355 e. The molecule has 3 N–H and O–H groups in total. The Labute approximate surface area is 137 Å². The number of rotatable bonds is 4. The largest absolute Gasteiger partial charge is 0.355 e. The molecule has 8 heteroatoms. The molecule has 2 amide bonds. The summed E-state index contributed by atoms with van der Waals surface area (Å²) in [6.07, 6.45) is 0. The normalized spacial score (nSPS) is 10.2. The van der Waals surface area contributed by atoms with Crippen molar-refractivity contribution in [3.05, 3.63) is 59.7 Å². The van der Waals surface area contributed by atoms with Gasteiger partial charge in [-0.25, -0.2) is 0 Å². The molecule has 0 saturated carbocycles. The maximum Gasteiger partial charge on any atom is 0.255 e. The second-order valence-corrected chi connectivity index (χ2v) is 4.92. The van der Waals surface area contributed by atoms with Crippen LogP contribution in [0.5, 0.6) is 0 Å². The number of anilines is 1. The van der Waals surface area contributed by atoms with Crippen LogP contribution in [0.15, 0.2) is 48.5 Å². The predicted molar refractivity (Wildman–Crippen MR) is 87.4 cm³/mol. The minimum atomic E-state index is -0.248. The van der Waals surface area contributed by atoms with Gasteiger partial charge in [0.15, 0.2) is 0 Å². The number of nitrogens with one attached hydrogen (secondary N) is 3. The van der Waals surface area contributed by atoms with Crippen molar-refractivity contribution in [2.45, 2.75) is 0 Å². The Morgan fingerprint density at radius 2 is 1.54 bits per heavy atom. The van der Waals surface area contributed by atoms with Crippen molar-refractivity contribution in [3.8, 4) is 11.4 Å². The van der Waals surface area contributed by atoms with Crippen LogP contribution >= 0.6 is 0 Å². The highest BCUT2D eigenvalue weighted by Crippen LogP contribution is 2.16. The molecule has 0 radical (unpaired) electrons. The highest BCUT2D eigenvalue weighted by Gasteiger charge is 2.09. The van der Waals surface area contributed by atoms with E-state index in [1.54, 1.807) is 55.6 Å². The first kappa shape index (κ1) is 15.3. The molecule has 0 fully saturated rings. The molecule has 1 aromatic heterocycles. The van der Waals surface area contributed by atoms with Crippen LogP contribution in [-0.4, -0.2) is 39.5 Å². The van der Waals surface area contributed by atoms with Gasteiger partial charge in [-0.1, -0.05) is 12.1 Å². The van der Waals surface area contributed by atoms with Crippen molar-refractivity contribution in [2.75, 3.05) is 12.4 Å². The summed E-state index contributed by atoms with van der Waals surface area (Å²) in [6.45, 7) is 0. The van der Waals surface area contributed by atoms with E-state index in [1.165, 1.54) is 0 Å². The van der Waals surface area contributed by atoms with Crippen LogP contribution in [0.4, 0.5) is 5.69 Å². The summed E-state index contributed by atoms with van der Waals surface area (Å²) in [7, 11) is 1.57. The van der Waals surface area contributed by atoms with Crippen molar-refractivity contribution < 1.29 is 9.59 Å². The van der Waals surface area contributed by atoms with E-state index in [9.17, 15) is 9.59 Å². The van der Waals surface area contributed by atoms with Crippen LogP contribution in [-0.2, 0) is 0 Å². The van der Waals surface area contributed by atoms with Crippen LogP contribution in [0.1, 0.15) is 20.7 Å². The summed E-state index contributed by atoms with van der Waals surface area (Å²) in [5, 5.41) is 18.9. The van der Waals surface area contributed by atoms with Gasteiger partial charge in [-0.05, 0) is 41.6 Å². The smallest absolute Gasteiger partial charge is 0.255 e. The van der Waals surface area contributed by atoms with Gasteiger partial charge in [-0.15, -0.1) is 10.2 Å². The molecule has 8 nitrogen and oxygen atoms in total. The van der Waals surface area contributed by atoms with Gasteiger partial charge in [-0.3, -0.25) is 9.59 Å². The number of aromatic nitrogens is 4. The molecule has 0 atom stereocenters. The zero-order valence-electron chi connectivity index (χ0n) is 12.8. The lowest BCUT2D eigenvalue weighted by molar-refractivity contribution is 0.0962. The molecule has 1 heterocycles. The Bertz CT molecular complexity index is 841. The number of carbonyl (C=O) groups excluding carboxylic acids is 2. The molecule has 0 saturated heterocycles. The Morgan fingerprint density at radius 1 is 0.917 bits per heavy atom. The van der Waals surface area contributed by atoms with Gasteiger partial charge in [0, 0.05) is 29.4 Å². The summed E-state index contributed by atoms with van der Waals surface area (Å²) < 4.78 is 0. The van der Waals surface area contributed by atoms with Gasteiger partial charge in [0.05, 0.1) is 0 Å². The third kappa shape index (κ3) is 3.27. The average molecular weight is 322 g/mol. The Hall–Kier alpha value is -3.55. The highest BCUT2D eigenvalue weighted by atomic mass is 16.2. The fraction of sp³-hybridized carbons (Fsp3) is 0.0625. The lowest BCUT2D eigenvalue weighted by Crippen LogP contribution is -2.17. The fourth-order valence-electron chi connectivity index (χ4n) is 2.11. The van der Waals surface area contributed by atoms with Crippen LogP contribution in [0, 0.1) is 0 Å². The number of hydrogen-bond donors (Lipinski definition) is 3. The van der Waals surface area contributed by atoms with Crippen LogP contribution in [0.25, 0.3) is 11.4 Å². The zero-order valence-corrected chi connectivity index (χ0v) is 12.8. The van der Waals surface area contributed by atoms with E-state index in [4.69, 9.17) is 0 Å². The summed E-state index contributed by atoms with van der Waals surface area (Å²) in [6, 6.07) is 13.5. The molecule has 120 valence electrons. The van der Waals surface area contributed by atoms with E-state index >= 15 is 0 Å². The summed E-state index contributed by atoms with van der Waals surface area (Å²) >= 11 is 0. The van der Waals surface area contributed by atoms with Crippen LogP contribution in [0.2, 0.25) is 0 Å². The standard InChI is InChI=1S/C16H14N6O2/c1-17-15(23)11-6-8-13(9-7-11)18-16(24)12-4-2-10(3-5-12)14-19-21-22-20-14/h2-9H,1H3,(H,17,23)(H,18,24)(H,19,20,21,22). The number of nitrogens with zero attached hydrogens (tertiary/aromatic N) is 3. The maximum atomic E-state index is 12.2. The fourth-order valence-corrected chi connectivity index (χ4v) is 2.11. The van der Waals surface area contributed by atoms with Crippen LogP contribution < -0.4 is 10.6 Å². The maximum absolute atomic E-state index is 12.2. The summed E-state index contributed by atoms with van der Waals surface area (Å²) in [5.41, 5.74) is 2.39. The Morgan fingerprint density at radius 3 is 2.12 bits per heavy atom. The quantitative estimate of drug-likeness (QED) is 0.673. The topological polar surface area (TPSA) is 113 Å². The lowest BCUT2D eigenvalue weighted by Gasteiger charge is -2.06. The van der Waals surface area contributed by atoms with E-state index < -0.39 is 0 Å². The molecule has 0 bridgehead atoms. The molecule has 0 aliphatic carbocycles. The first-order valence-corrected chi connectivity index (χ1v) is 7.15. The first-order chi connectivity index (χ1) is 11.7.